The third-order valence-corrected chi connectivity index (χ3v) is 5.60. The van der Waals surface area contributed by atoms with Crippen LogP contribution in [-0.2, 0) is 0 Å². The van der Waals surface area contributed by atoms with Crippen molar-refractivity contribution in [3.05, 3.63) is 0 Å². The molecule has 0 aromatic rings. The standard InChI is InChI=1S/C7H13.2ClH.In.2H/c1-7-5-3-2-4-6-7;;;;;/h7H,1-6H2;2*1H;;;. The molecule has 0 radical (unpaired) electrons. The molecule has 0 nitrogen and oxygen atoms in total. The van der Waals surface area contributed by atoms with Gasteiger partial charge in [0.25, 0.3) is 0 Å². The van der Waals surface area contributed by atoms with E-state index in [4.69, 9.17) is 0 Å². The van der Waals surface area contributed by atoms with Crippen molar-refractivity contribution in [2.45, 2.75) is 36.3 Å². The summed E-state index contributed by atoms with van der Waals surface area (Å²) in [5, 5.41) is 0. The summed E-state index contributed by atoms with van der Waals surface area (Å²) < 4.78 is 1.63. The van der Waals surface area contributed by atoms with Gasteiger partial charge in [0.15, 0.2) is 0 Å². The molecule has 1 saturated carbocycles. The fourth-order valence-corrected chi connectivity index (χ4v) is 3.93. The molecular formula is C7H17Cl2In. The predicted octanol–water partition coefficient (Wildman–Crippen LogP) is 2.46. The molecule has 1 aliphatic rings. The molecule has 0 spiro atoms. The second-order valence-corrected chi connectivity index (χ2v) is 5.24. The van der Waals surface area contributed by atoms with Crippen molar-refractivity contribution in [2.24, 2.45) is 5.92 Å². The molecule has 0 amide bonds. The summed E-state index contributed by atoms with van der Waals surface area (Å²) in [6.07, 6.45) is 7.71. The van der Waals surface area contributed by atoms with E-state index in [0.29, 0.717) is 0 Å². The van der Waals surface area contributed by atoms with Crippen LogP contribution in [0.3, 0.4) is 0 Å². The monoisotopic (exact) mass is 286 g/mol. The number of rotatable bonds is 1. The van der Waals surface area contributed by atoms with Crippen LogP contribution in [0.2, 0.25) is 4.18 Å². The average molecular weight is 287 g/mol. The van der Waals surface area contributed by atoms with Crippen molar-refractivity contribution in [3.63, 3.8) is 0 Å². The van der Waals surface area contributed by atoms with Crippen molar-refractivity contribution < 1.29 is 0 Å². The van der Waals surface area contributed by atoms with E-state index < -0.39 is 0 Å². The first kappa shape index (κ1) is 14.0. The van der Waals surface area contributed by atoms with Gasteiger partial charge in [0.05, 0.1) is 0 Å². The first-order chi connectivity index (χ1) is 3.93. The van der Waals surface area contributed by atoms with Crippen LogP contribution >= 0.6 is 24.8 Å². The molecule has 62 valence electrons. The van der Waals surface area contributed by atoms with Crippen molar-refractivity contribution >= 4 is 49.2 Å². The molecule has 1 rings (SSSR count). The Balaban J connectivity index is 0. The molecule has 0 bridgehead atoms. The Morgan fingerprint density at radius 2 is 1.50 bits per heavy atom. The second-order valence-electron chi connectivity index (χ2n) is 2.91. The predicted molar refractivity (Wildman–Crippen MR) is 54.4 cm³/mol. The van der Waals surface area contributed by atoms with Crippen molar-refractivity contribution in [3.8, 4) is 0 Å². The van der Waals surface area contributed by atoms with Gasteiger partial charge in [-0.05, 0) is 0 Å². The zero-order valence-electron chi connectivity index (χ0n) is 6.64. The van der Waals surface area contributed by atoms with Crippen molar-refractivity contribution in [1.29, 1.82) is 0 Å². The molecular weight excluding hydrogens is 270 g/mol. The van der Waals surface area contributed by atoms with Crippen LogP contribution in [0, 0.1) is 5.92 Å². The second kappa shape index (κ2) is 8.55. The van der Waals surface area contributed by atoms with E-state index in [-0.39, 0.29) is 24.8 Å². The third-order valence-electron chi connectivity index (χ3n) is 2.30. The summed E-state index contributed by atoms with van der Waals surface area (Å²) in [5.41, 5.74) is 0. The molecule has 1 aliphatic carbocycles. The molecule has 0 N–H and O–H groups in total. The molecule has 0 atom stereocenters. The van der Waals surface area contributed by atoms with Crippen molar-refractivity contribution in [1.82, 2.24) is 0 Å². The summed E-state index contributed by atoms with van der Waals surface area (Å²) in [4.78, 5) is 0. The SMILES string of the molecule is Cl.Cl.[InH2][CH2]C1CCCCC1. The number of hydrogen-bond donors (Lipinski definition) is 0. The van der Waals surface area contributed by atoms with Crippen molar-refractivity contribution in [2.75, 3.05) is 0 Å². The molecule has 0 saturated heterocycles. The molecule has 0 unspecified atom stereocenters. The van der Waals surface area contributed by atoms with Gasteiger partial charge in [-0.3, -0.25) is 0 Å². The Morgan fingerprint density at radius 3 is 1.80 bits per heavy atom. The molecule has 3 heteroatoms. The molecule has 0 heterocycles. The average Bonchev–Trinajstić information content (AvgIpc) is 1.90. The summed E-state index contributed by atoms with van der Waals surface area (Å²) in [6.45, 7) is 0. The normalized spacial score (nSPS) is 18.8. The van der Waals surface area contributed by atoms with Crippen LogP contribution in [0.4, 0.5) is 0 Å². The minimum absolute atomic E-state index is 0. The Kier molecular flexibility index (Phi) is 12.0. The Labute approximate surface area is 90.9 Å². The van der Waals surface area contributed by atoms with Crippen LogP contribution in [0.1, 0.15) is 32.1 Å². The van der Waals surface area contributed by atoms with Gasteiger partial charge in [-0.15, -0.1) is 24.8 Å². The Hall–Kier alpha value is 1.45. The van der Waals surface area contributed by atoms with Crippen LogP contribution in [-0.4, -0.2) is 24.4 Å². The maximum absolute atomic E-state index is 1.63. The Bertz CT molecular complexity index is 62.6. The van der Waals surface area contributed by atoms with E-state index in [1.54, 1.807) is 17.0 Å². The molecule has 0 aliphatic heterocycles. The summed E-state index contributed by atoms with van der Waals surface area (Å²) in [7, 11) is 0. The van der Waals surface area contributed by atoms with Gasteiger partial charge < -0.3 is 0 Å². The van der Waals surface area contributed by atoms with Crippen LogP contribution in [0.5, 0.6) is 0 Å². The number of hydrogen-bond acceptors (Lipinski definition) is 0. The summed E-state index contributed by atoms with van der Waals surface area (Å²) in [6, 6.07) is 0. The van der Waals surface area contributed by atoms with Crippen LogP contribution in [0.15, 0.2) is 0 Å². The zero-order chi connectivity index (χ0) is 5.82. The first-order valence-corrected chi connectivity index (χ1v) is 7.97. The van der Waals surface area contributed by atoms with Crippen LogP contribution < -0.4 is 0 Å². The van der Waals surface area contributed by atoms with Crippen LogP contribution in [0.25, 0.3) is 0 Å². The van der Waals surface area contributed by atoms with Gasteiger partial charge >= 0.3 is 66.6 Å². The first-order valence-electron chi connectivity index (χ1n) is 3.93. The molecule has 10 heavy (non-hydrogen) atoms. The fraction of sp³-hybridized carbons (Fsp3) is 1.00. The molecule has 0 aromatic carbocycles. The van der Waals surface area contributed by atoms with Gasteiger partial charge in [-0.1, -0.05) is 0 Å². The van der Waals surface area contributed by atoms with E-state index >= 15 is 0 Å². The summed E-state index contributed by atoms with van der Waals surface area (Å²) >= 11 is 0.977. The fourth-order valence-electron chi connectivity index (χ4n) is 1.60. The minimum atomic E-state index is 0. The topological polar surface area (TPSA) is 0 Å². The molecule has 0 aromatic heterocycles. The third kappa shape index (κ3) is 5.15. The summed E-state index contributed by atoms with van der Waals surface area (Å²) in [5.74, 6) is 1.18. The quantitative estimate of drug-likeness (QED) is 0.695. The van der Waals surface area contributed by atoms with E-state index in [0.717, 1.165) is 24.4 Å². The van der Waals surface area contributed by atoms with E-state index in [2.05, 4.69) is 0 Å². The van der Waals surface area contributed by atoms with Gasteiger partial charge in [-0.2, -0.15) is 0 Å². The van der Waals surface area contributed by atoms with Gasteiger partial charge in [0.1, 0.15) is 0 Å². The van der Waals surface area contributed by atoms with E-state index in [9.17, 15) is 0 Å². The van der Waals surface area contributed by atoms with Gasteiger partial charge in [-0.25, -0.2) is 0 Å². The van der Waals surface area contributed by atoms with E-state index in [1.165, 1.54) is 25.2 Å². The maximum atomic E-state index is 1.63. The van der Waals surface area contributed by atoms with Gasteiger partial charge in [0, 0.05) is 0 Å². The Morgan fingerprint density at radius 1 is 1.00 bits per heavy atom. The molecule has 1 fully saturated rings. The van der Waals surface area contributed by atoms with E-state index in [1.807, 2.05) is 0 Å². The number of halogens is 2. The zero-order valence-corrected chi connectivity index (χ0v) is 14.0. The van der Waals surface area contributed by atoms with Gasteiger partial charge in [0.2, 0.25) is 0 Å².